The summed E-state index contributed by atoms with van der Waals surface area (Å²) in [6, 6.07) is 69.0. The first-order chi connectivity index (χ1) is 53.3. The first kappa shape index (κ1) is 73.1. The molecule has 0 amide bonds. The Morgan fingerprint density at radius 2 is 0.691 bits per heavy atom. The molecule has 0 saturated heterocycles. The normalized spacial score (nSPS) is 11.8. The van der Waals surface area contributed by atoms with Crippen LogP contribution >= 0.6 is 0 Å². The predicted molar refractivity (Wildman–Crippen MR) is 419 cm³/mol. The number of oxime groups is 2. The monoisotopic (exact) mass is 1440 g/mol. The van der Waals surface area contributed by atoms with Crippen molar-refractivity contribution in [2.24, 2.45) is 21.8 Å². The van der Waals surface area contributed by atoms with Gasteiger partial charge in [0.25, 0.3) is 0 Å². The summed E-state index contributed by atoms with van der Waals surface area (Å²) in [5, 5.41) is 84.1. The average molecular weight is 1450 g/mol. The molecule has 0 fully saturated rings. The number of nitriles is 4. The summed E-state index contributed by atoms with van der Waals surface area (Å²) in [7, 11) is 0. The lowest BCUT2D eigenvalue weighted by molar-refractivity contribution is 0.318. The Kier molecular flexibility index (Phi) is 21.3. The van der Waals surface area contributed by atoms with Crippen molar-refractivity contribution in [3.05, 3.63) is 287 Å². The van der Waals surface area contributed by atoms with Crippen molar-refractivity contribution in [2.45, 2.75) is 67.5 Å². The molecular formula is C84H68N24O2. The summed E-state index contributed by atoms with van der Waals surface area (Å²) < 4.78 is 6.85. The number of aryl methyl sites for hydroxylation is 4. The van der Waals surface area contributed by atoms with Gasteiger partial charge < -0.3 is 21.9 Å². The minimum absolute atomic E-state index is 0.157. The minimum atomic E-state index is -0.161. The fourth-order valence-electron chi connectivity index (χ4n) is 12.1. The van der Waals surface area contributed by atoms with Gasteiger partial charge in [-0.1, -0.05) is 58.8 Å². The van der Waals surface area contributed by atoms with Crippen LogP contribution in [0.25, 0.3) is 112 Å². The molecule has 536 valence electrons. The van der Waals surface area contributed by atoms with Gasteiger partial charge in [0.2, 0.25) is 0 Å². The Morgan fingerprint density at radius 1 is 0.382 bits per heavy atom. The molecule has 0 spiro atoms. The number of fused-ring (bicyclic) bond motifs is 4. The van der Waals surface area contributed by atoms with Gasteiger partial charge in [0.15, 0.2) is 23.3 Å². The molecule has 16 aromatic rings. The van der Waals surface area contributed by atoms with Crippen LogP contribution in [-0.2, 0) is 0 Å². The van der Waals surface area contributed by atoms with Crippen molar-refractivity contribution in [1.29, 1.82) is 21.0 Å². The zero-order valence-corrected chi connectivity index (χ0v) is 60.8. The van der Waals surface area contributed by atoms with Crippen molar-refractivity contribution in [3.8, 4) is 92.6 Å². The number of benzene rings is 4. The van der Waals surface area contributed by atoms with E-state index in [1.165, 1.54) is 0 Å². The van der Waals surface area contributed by atoms with Gasteiger partial charge in [0.1, 0.15) is 11.4 Å². The summed E-state index contributed by atoms with van der Waals surface area (Å²) in [5.74, 6) is 2.80. The van der Waals surface area contributed by atoms with Crippen LogP contribution in [0.3, 0.4) is 0 Å². The van der Waals surface area contributed by atoms with Gasteiger partial charge in [0.05, 0.1) is 127 Å². The molecule has 0 bridgehead atoms. The molecule has 4 aromatic carbocycles. The highest BCUT2D eigenvalue weighted by Gasteiger charge is 2.20. The van der Waals surface area contributed by atoms with E-state index in [0.29, 0.717) is 85.2 Å². The number of nitrogens with two attached hydrogens (primary N) is 2. The van der Waals surface area contributed by atoms with E-state index in [-0.39, 0.29) is 12.1 Å². The van der Waals surface area contributed by atoms with E-state index in [0.717, 1.165) is 106 Å². The van der Waals surface area contributed by atoms with Crippen molar-refractivity contribution < 1.29 is 10.4 Å². The van der Waals surface area contributed by atoms with Gasteiger partial charge >= 0.3 is 0 Å². The van der Waals surface area contributed by atoms with Crippen molar-refractivity contribution >= 4 is 55.0 Å². The maximum Gasteiger partial charge on any atom is 0.154 e. The van der Waals surface area contributed by atoms with Crippen LogP contribution in [0.4, 0.5) is 0 Å². The molecule has 26 nitrogen and oxygen atoms in total. The molecule has 2 atom stereocenters. The number of rotatable bonds is 12. The van der Waals surface area contributed by atoms with E-state index in [9.17, 15) is 21.0 Å². The Labute approximate surface area is 630 Å². The molecule has 26 heteroatoms. The van der Waals surface area contributed by atoms with Gasteiger partial charge in [-0.2, -0.15) is 41.4 Å². The molecule has 12 heterocycles. The molecule has 110 heavy (non-hydrogen) atoms. The van der Waals surface area contributed by atoms with Crippen LogP contribution in [0.5, 0.6) is 0 Å². The molecule has 0 aliphatic carbocycles. The van der Waals surface area contributed by atoms with Gasteiger partial charge in [-0.3, -0.25) is 9.97 Å². The van der Waals surface area contributed by atoms with E-state index in [1.54, 1.807) is 69.2 Å². The highest BCUT2D eigenvalue weighted by atomic mass is 16.4. The molecule has 12 aromatic heterocycles. The van der Waals surface area contributed by atoms with Gasteiger partial charge in [-0.05, 0) is 201 Å². The fourth-order valence-corrected chi connectivity index (χ4v) is 12.1. The quantitative estimate of drug-likeness (QED) is 0.0501. The SMILES string of the molecule is C/C(=N/O)c1cccc(-c2cc(C#N)c3cn(-c4cccc(C)n4)nc3c2)n1.C/C(=N/O)c1cccc(-c2cc(C#N)c3cnn(-c4cccc(C)n4)c3c2)n1.Cc1cccc(-n2cc3c(C#N)cc(-c4cccc(C(C)N)n4)cc3n2)n1.Cc1cccc(-n2ncc3c(C#N)cc(-c4cccc(C(C)N)n4)cc32)n1. The standard InChI is InChI=1S/2C21H16N6O.2C21H18N6/c1-13-5-3-8-21(23-13)27-12-17-16(11-22)9-15(10-20(17)25-27)19-7-4-6-18(24-19)14(2)26-28;1-13-5-3-8-21(24-13)27-20-10-15(9-16(11-22)17(20)12-23-27)19-7-4-6-18(25-19)14(2)26-28;1-13-5-3-8-21(24-13)27-12-17-16(11-22)9-15(10-20(17)26-27)19-7-4-6-18(25-19)14(2)23;1-13-5-3-8-21(25-13)27-20-10-15(9-16(11-22)17(20)12-24-27)19-7-4-6-18(26-19)14(2)23/h2*3-10,12,28H,1-2H3;2*3-10,12,14H,23H2,1-2H3/b2*26-14-;;. The first-order valence-electron chi connectivity index (χ1n) is 34.6. The summed E-state index contributed by atoms with van der Waals surface area (Å²) in [6.45, 7) is 14.8. The Hall–Kier alpha value is -15.2. The first-order valence-corrected chi connectivity index (χ1v) is 34.6. The molecular weight excluding hydrogens is 1380 g/mol. The number of hydrogen-bond acceptors (Lipinski definition) is 22. The number of pyridine rings is 8. The average Bonchev–Trinajstić information content (AvgIpc) is 1.61. The summed E-state index contributed by atoms with van der Waals surface area (Å²) >= 11 is 0. The lowest BCUT2D eigenvalue weighted by Crippen LogP contribution is -2.07. The number of hydrogen-bond donors (Lipinski definition) is 4. The molecule has 2 unspecified atom stereocenters. The third kappa shape index (κ3) is 15.7. The summed E-state index contributed by atoms with van der Waals surface area (Å²) in [5.41, 5.74) is 30.3. The van der Waals surface area contributed by atoms with Gasteiger partial charge in [-0.15, -0.1) is 0 Å². The molecule has 16 rings (SSSR count). The molecule has 0 aliphatic heterocycles. The molecule has 0 radical (unpaired) electrons. The third-order valence-electron chi connectivity index (χ3n) is 17.7. The topological polar surface area (TPSA) is 387 Å². The third-order valence-corrected chi connectivity index (χ3v) is 17.7. The van der Waals surface area contributed by atoms with Crippen LogP contribution in [-0.4, -0.2) is 101 Å². The maximum atomic E-state index is 9.64. The zero-order chi connectivity index (χ0) is 77.3. The maximum absolute atomic E-state index is 9.64. The van der Waals surface area contributed by atoms with Crippen molar-refractivity contribution in [2.75, 3.05) is 0 Å². The van der Waals surface area contributed by atoms with Crippen LogP contribution in [0, 0.1) is 73.0 Å². The van der Waals surface area contributed by atoms with Gasteiger partial charge in [0, 0.05) is 91.1 Å². The Bertz CT molecular complexity index is 6400. The van der Waals surface area contributed by atoms with Crippen molar-refractivity contribution in [1.82, 2.24) is 79.0 Å². The highest BCUT2D eigenvalue weighted by Crippen LogP contribution is 2.33. The van der Waals surface area contributed by atoms with Crippen LogP contribution in [0.1, 0.15) is 108 Å². The van der Waals surface area contributed by atoms with Crippen LogP contribution in [0.2, 0.25) is 0 Å². The lowest BCUT2D eigenvalue weighted by atomic mass is 10.0. The Morgan fingerprint density at radius 3 is 1.03 bits per heavy atom. The fraction of sp³-hybridized carbons (Fsp3) is 0.119. The smallest absolute Gasteiger partial charge is 0.154 e. The molecule has 0 saturated carbocycles. The zero-order valence-electron chi connectivity index (χ0n) is 60.8. The van der Waals surface area contributed by atoms with E-state index in [1.807, 2.05) is 224 Å². The van der Waals surface area contributed by atoms with Crippen LogP contribution < -0.4 is 11.5 Å². The minimum Gasteiger partial charge on any atom is -0.411 e. The van der Waals surface area contributed by atoms with Gasteiger partial charge in [-0.25, -0.2) is 48.6 Å². The van der Waals surface area contributed by atoms with E-state index in [2.05, 4.69) is 94.9 Å². The molecule has 6 N–H and O–H groups in total. The van der Waals surface area contributed by atoms with E-state index < -0.39 is 0 Å². The van der Waals surface area contributed by atoms with Crippen molar-refractivity contribution in [3.63, 3.8) is 0 Å². The van der Waals surface area contributed by atoms with E-state index in [4.69, 9.17) is 21.9 Å². The largest absolute Gasteiger partial charge is 0.411 e. The second-order valence-electron chi connectivity index (χ2n) is 25.7. The second-order valence-corrected chi connectivity index (χ2v) is 25.7. The second kappa shape index (κ2) is 32.0. The number of nitrogens with zero attached hydrogens (tertiary/aromatic N) is 22. The predicted octanol–water partition coefficient (Wildman–Crippen LogP) is 15.1. The highest BCUT2D eigenvalue weighted by molar-refractivity contribution is 5.99. The van der Waals surface area contributed by atoms with Crippen LogP contribution in [0.15, 0.2) is 229 Å². The van der Waals surface area contributed by atoms with E-state index >= 15 is 0 Å². The molecule has 0 aliphatic rings. The number of aromatic nitrogens is 16. The lowest BCUT2D eigenvalue weighted by Gasteiger charge is -2.09. The Balaban J connectivity index is 0.000000129. The summed E-state index contributed by atoms with van der Waals surface area (Å²) in [6.07, 6.45) is 7.03. The summed E-state index contributed by atoms with van der Waals surface area (Å²) in [4.78, 5) is 36.4.